The minimum Gasteiger partial charge on any atom is -0.393 e. The predicted octanol–water partition coefficient (Wildman–Crippen LogP) is 4.41. The van der Waals surface area contributed by atoms with Gasteiger partial charge in [-0.25, -0.2) is 13.4 Å². The van der Waals surface area contributed by atoms with E-state index in [-0.39, 0.29) is 17.0 Å². The maximum absolute atomic E-state index is 12.8. The van der Waals surface area contributed by atoms with Crippen LogP contribution in [0.25, 0.3) is 11.2 Å². The molecular formula is C26H31N7O3S. The fourth-order valence-corrected chi connectivity index (χ4v) is 5.86. The molecule has 0 atom stereocenters. The maximum Gasteiger partial charge on any atom is 0.262 e. The van der Waals surface area contributed by atoms with Crippen molar-refractivity contribution < 1.29 is 13.5 Å². The van der Waals surface area contributed by atoms with E-state index in [1.807, 2.05) is 17.6 Å². The summed E-state index contributed by atoms with van der Waals surface area (Å²) in [5.41, 5.74) is 3.24. The molecule has 1 saturated carbocycles. The van der Waals surface area contributed by atoms with Crippen LogP contribution in [-0.4, -0.2) is 45.2 Å². The highest BCUT2D eigenvalue weighted by molar-refractivity contribution is 7.92. The fraction of sp³-hybridized carbons (Fsp3) is 0.346. The fourth-order valence-electron chi connectivity index (χ4n) is 4.56. The molecule has 10 nitrogen and oxygen atoms in total. The number of hydrogen-bond acceptors (Lipinski definition) is 8. The van der Waals surface area contributed by atoms with Crippen LogP contribution in [0.1, 0.15) is 38.2 Å². The Balaban J connectivity index is 1.37. The lowest BCUT2D eigenvalue weighted by molar-refractivity contribution is 0.126. The quantitative estimate of drug-likeness (QED) is 0.268. The van der Waals surface area contributed by atoms with Gasteiger partial charge < -0.3 is 20.3 Å². The molecule has 0 unspecified atom stereocenters. The minimum atomic E-state index is -3.70. The Bertz CT molecular complexity index is 1490. The molecule has 1 aliphatic carbocycles. The molecule has 0 spiro atoms. The zero-order valence-electron chi connectivity index (χ0n) is 20.8. The van der Waals surface area contributed by atoms with Crippen molar-refractivity contribution in [3.05, 3.63) is 60.4 Å². The number of nitrogens with zero attached hydrogens (tertiary/aromatic N) is 4. The van der Waals surface area contributed by atoms with Crippen LogP contribution in [0.2, 0.25) is 0 Å². The van der Waals surface area contributed by atoms with Crippen molar-refractivity contribution in [2.24, 2.45) is 0 Å². The van der Waals surface area contributed by atoms with Gasteiger partial charge in [0, 0.05) is 24.0 Å². The first-order chi connectivity index (χ1) is 17.8. The summed E-state index contributed by atoms with van der Waals surface area (Å²) >= 11 is 0. The number of benzene rings is 2. The molecule has 0 amide bonds. The van der Waals surface area contributed by atoms with Gasteiger partial charge in [0.25, 0.3) is 10.0 Å². The number of aliphatic hydroxyl groups is 1. The Morgan fingerprint density at radius 3 is 2.41 bits per heavy atom. The Kier molecular flexibility index (Phi) is 6.98. The first-order valence-electron chi connectivity index (χ1n) is 12.5. The van der Waals surface area contributed by atoms with Crippen molar-refractivity contribution in [3.63, 3.8) is 0 Å². The zero-order valence-corrected chi connectivity index (χ0v) is 21.7. The lowest BCUT2D eigenvalue weighted by Gasteiger charge is -2.26. The molecule has 0 saturated heterocycles. The van der Waals surface area contributed by atoms with E-state index in [1.54, 1.807) is 55.7 Å². The smallest absolute Gasteiger partial charge is 0.262 e. The number of nitrogens with one attached hydrogen (secondary N) is 3. The summed E-state index contributed by atoms with van der Waals surface area (Å²) < 4.78 is 30.2. The van der Waals surface area contributed by atoms with Crippen LogP contribution >= 0.6 is 0 Å². The topological polar surface area (TPSA) is 134 Å². The molecule has 2 aromatic carbocycles. The van der Waals surface area contributed by atoms with E-state index in [1.165, 1.54) is 0 Å². The Hall–Kier alpha value is -3.70. The molecule has 5 rings (SSSR count). The summed E-state index contributed by atoms with van der Waals surface area (Å²) in [6, 6.07) is 14.1. The minimum absolute atomic E-state index is 0.201. The summed E-state index contributed by atoms with van der Waals surface area (Å²) in [4.78, 5) is 14.2. The second-order valence-electron chi connectivity index (χ2n) is 9.32. The third-order valence-corrected chi connectivity index (χ3v) is 8.16. The van der Waals surface area contributed by atoms with Gasteiger partial charge in [-0.1, -0.05) is 18.2 Å². The second kappa shape index (κ2) is 10.3. The number of aryl methyl sites for hydroxylation is 2. The molecule has 2 heterocycles. The van der Waals surface area contributed by atoms with Gasteiger partial charge in [0.1, 0.15) is 0 Å². The first-order valence-corrected chi connectivity index (χ1v) is 13.9. The van der Waals surface area contributed by atoms with E-state index >= 15 is 0 Å². The van der Waals surface area contributed by atoms with Gasteiger partial charge in [0.2, 0.25) is 5.95 Å². The van der Waals surface area contributed by atoms with Crippen molar-refractivity contribution in [2.45, 2.75) is 63.1 Å². The molecule has 4 aromatic rings. The molecule has 2 aromatic heterocycles. The Morgan fingerprint density at radius 2 is 1.70 bits per heavy atom. The lowest BCUT2D eigenvalue weighted by Crippen LogP contribution is -2.29. The maximum atomic E-state index is 12.8. The number of aliphatic hydroxyl groups excluding tert-OH is 1. The van der Waals surface area contributed by atoms with E-state index in [9.17, 15) is 13.5 Å². The number of fused-ring (bicyclic) bond motifs is 1. The Morgan fingerprint density at radius 1 is 1.00 bits per heavy atom. The number of imidazole rings is 1. The summed E-state index contributed by atoms with van der Waals surface area (Å²) in [5, 5.41) is 16.6. The number of rotatable bonds is 8. The number of hydrogen-bond donors (Lipinski definition) is 4. The van der Waals surface area contributed by atoms with Crippen molar-refractivity contribution >= 4 is 44.3 Å². The average molecular weight is 522 g/mol. The summed E-state index contributed by atoms with van der Waals surface area (Å²) in [5.74, 6) is 1.07. The summed E-state index contributed by atoms with van der Waals surface area (Å²) in [7, 11) is -3.70. The number of anilines is 4. The second-order valence-corrected chi connectivity index (χ2v) is 11.0. The van der Waals surface area contributed by atoms with Gasteiger partial charge in [0.15, 0.2) is 17.0 Å². The van der Waals surface area contributed by atoms with Crippen LogP contribution in [0.3, 0.4) is 0 Å². The van der Waals surface area contributed by atoms with Crippen LogP contribution in [0.5, 0.6) is 0 Å². The molecule has 1 aliphatic rings. The highest BCUT2D eigenvalue weighted by Crippen LogP contribution is 2.28. The van der Waals surface area contributed by atoms with E-state index in [0.29, 0.717) is 28.5 Å². The standard InChI is InChI=1S/C26H31N7O3S/c1-3-33-16-27-23-24(30-26(31-25(23)33)29-19-12-14-21(34)15-13-19)28-18-8-10-20(11-9-18)32-37(35,36)22-7-5-4-6-17(22)2/h4-11,16,19,21,32,34H,3,12-15H2,1-2H3,(H2,28,29,30,31). The van der Waals surface area contributed by atoms with E-state index < -0.39 is 10.0 Å². The first kappa shape index (κ1) is 25.0. The molecule has 194 valence electrons. The van der Waals surface area contributed by atoms with Crippen molar-refractivity contribution in [3.8, 4) is 0 Å². The number of sulfonamides is 1. The highest BCUT2D eigenvalue weighted by atomic mass is 32.2. The largest absolute Gasteiger partial charge is 0.393 e. The normalized spacial score (nSPS) is 18.0. The van der Waals surface area contributed by atoms with E-state index in [2.05, 4.69) is 20.3 Å². The summed E-state index contributed by atoms with van der Waals surface area (Å²) in [6.45, 7) is 4.52. The molecule has 0 aliphatic heterocycles. The van der Waals surface area contributed by atoms with Gasteiger partial charge in [-0.2, -0.15) is 9.97 Å². The molecule has 1 fully saturated rings. The highest BCUT2D eigenvalue weighted by Gasteiger charge is 2.21. The van der Waals surface area contributed by atoms with Crippen LogP contribution in [-0.2, 0) is 16.6 Å². The van der Waals surface area contributed by atoms with Crippen LogP contribution in [0.4, 0.5) is 23.1 Å². The van der Waals surface area contributed by atoms with Gasteiger partial charge in [-0.3, -0.25) is 4.72 Å². The van der Waals surface area contributed by atoms with Gasteiger partial charge in [0.05, 0.1) is 17.3 Å². The molecule has 0 bridgehead atoms. The SMILES string of the molecule is CCn1cnc2c(Nc3ccc(NS(=O)(=O)c4ccccc4C)cc3)nc(NC3CCC(O)CC3)nc21. The van der Waals surface area contributed by atoms with Gasteiger partial charge in [-0.15, -0.1) is 0 Å². The van der Waals surface area contributed by atoms with Crippen LogP contribution in [0.15, 0.2) is 59.8 Å². The third kappa shape index (κ3) is 5.52. The third-order valence-electron chi connectivity index (χ3n) is 6.62. The average Bonchev–Trinajstić information content (AvgIpc) is 3.30. The van der Waals surface area contributed by atoms with Gasteiger partial charge >= 0.3 is 0 Å². The van der Waals surface area contributed by atoms with Crippen molar-refractivity contribution in [2.75, 3.05) is 15.4 Å². The predicted molar refractivity (Wildman–Crippen MR) is 145 cm³/mol. The molecular weight excluding hydrogens is 490 g/mol. The Labute approximate surface area is 216 Å². The van der Waals surface area contributed by atoms with Crippen molar-refractivity contribution in [1.82, 2.24) is 19.5 Å². The summed E-state index contributed by atoms with van der Waals surface area (Å²) in [6.07, 6.45) is 4.75. The van der Waals surface area contributed by atoms with Gasteiger partial charge in [-0.05, 0) is 75.4 Å². The van der Waals surface area contributed by atoms with E-state index in [0.717, 1.165) is 43.6 Å². The monoisotopic (exact) mass is 521 g/mol. The van der Waals surface area contributed by atoms with Crippen molar-refractivity contribution in [1.29, 1.82) is 0 Å². The lowest BCUT2D eigenvalue weighted by atomic mass is 9.93. The molecule has 0 radical (unpaired) electrons. The molecule has 11 heteroatoms. The van der Waals surface area contributed by atoms with Crippen LogP contribution < -0.4 is 15.4 Å². The number of aromatic nitrogens is 4. The van der Waals surface area contributed by atoms with Crippen LogP contribution in [0, 0.1) is 6.92 Å². The molecule has 4 N–H and O–H groups in total. The zero-order chi connectivity index (χ0) is 26.0. The molecule has 37 heavy (non-hydrogen) atoms. The van der Waals surface area contributed by atoms with E-state index in [4.69, 9.17) is 9.97 Å².